The van der Waals surface area contributed by atoms with Crippen LogP contribution >= 0.6 is 12.5 Å². The van der Waals surface area contributed by atoms with Gasteiger partial charge in [0.2, 0.25) is 0 Å². The normalized spacial score (nSPS) is 13.8. The monoisotopic (exact) mass is 305 g/mol. The van der Waals surface area contributed by atoms with Crippen molar-refractivity contribution in [3.8, 4) is 0 Å². The van der Waals surface area contributed by atoms with Crippen LogP contribution in [-0.4, -0.2) is 40.9 Å². The van der Waals surface area contributed by atoms with E-state index in [2.05, 4.69) is 4.31 Å². The maximum absolute atomic E-state index is 10.0. The Bertz CT molecular complexity index is 157. The van der Waals surface area contributed by atoms with Crippen LogP contribution in [0.5, 0.6) is 0 Å². The molecule has 0 spiro atoms. The molecule has 0 unspecified atom stereocenters. The van der Waals surface area contributed by atoms with Gasteiger partial charge in [-0.15, -0.1) is 0 Å². The van der Waals surface area contributed by atoms with Crippen molar-refractivity contribution in [3.63, 3.8) is 0 Å². The summed E-state index contributed by atoms with van der Waals surface area (Å²) in [5.41, 5.74) is 0. The fourth-order valence-electron chi connectivity index (χ4n) is 0.148. The summed E-state index contributed by atoms with van der Waals surface area (Å²) in [6, 6.07) is 0. The molecule has 0 rings (SSSR count). The van der Waals surface area contributed by atoms with E-state index in [0.29, 0.717) is 0 Å². The molecule has 0 amide bonds. The van der Waals surface area contributed by atoms with E-state index in [1.165, 1.54) is 0 Å². The molecule has 0 bridgehead atoms. The summed E-state index contributed by atoms with van der Waals surface area (Å²) < 4.78 is 11.3. The second-order valence-electron chi connectivity index (χ2n) is 1.12. The van der Waals surface area contributed by atoms with Crippen molar-refractivity contribution in [2.45, 2.75) is 0 Å². The second kappa shape index (κ2) is 3.18. The standard InChI is InChI=1S/H5NO4P2Se2/c1-6(8,9)5-7(2,3)4/h(H3,1,8,9)(H2,2,3,4). The van der Waals surface area contributed by atoms with Crippen LogP contribution in [0.15, 0.2) is 0 Å². The van der Waals surface area contributed by atoms with E-state index in [9.17, 15) is 4.57 Å². The Morgan fingerprint density at radius 2 is 1.78 bits per heavy atom. The molecule has 0 saturated heterocycles. The molecule has 0 radical (unpaired) electrons. The first kappa shape index (κ1) is 10.4. The minimum absolute atomic E-state index is 1.77. The number of hydrogen-bond donors (Lipinski definition) is 3. The van der Waals surface area contributed by atoms with Crippen molar-refractivity contribution in [3.05, 3.63) is 0 Å². The predicted molar refractivity (Wildman–Crippen MR) is 37.1 cm³/mol. The van der Waals surface area contributed by atoms with E-state index < -0.39 is 12.5 Å². The van der Waals surface area contributed by atoms with Gasteiger partial charge in [0.05, 0.1) is 0 Å². The Morgan fingerprint density at radius 1 is 1.44 bits per heavy atom. The van der Waals surface area contributed by atoms with Crippen molar-refractivity contribution in [1.82, 2.24) is 0 Å². The maximum atomic E-state index is 10.0. The summed E-state index contributed by atoms with van der Waals surface area (Å²) in [6.07, 6.45) is 0. The van der Waals surface area contributed by atoms with Crippen molar-refractivity contribution in [2.75, 3.05) is 0 Å². The van der Waals surface area contributed by atoms with Gasteiger partial charge in [0, 0.05) is 0 Å². The fraction of sp³-hybridized carbons (Fsp3) is 0. The van der Waals surface area contributed by atoms with E-state index in [0.717, 1.165) is 0 Å². The molecule has 0 fully saturated rings. The Balaban J connectivity index is 4.07. The van der Waals surface area contributed by atoms with Crippen LogP contribution in [0, 0.1) is 5.16 Å². The van der Waals surface area contributed by atoms with Gasteiger partial charge in [-0.25, -0.2) is 0 Å². The van der Waals surface area contributed by atoms with Gasteiger partial charge in [-0.1, -0.05) is 0 Å². The van der Waals surface area contributed by atoms with Gasteiger partial charge in [-0.2, -0.15) is 0 Å². The van der Waals surface area contributed by atoms with Crippen LogP contribution in [-0.2, 0) is 8.88 Å². The van der Waals surface area contributed by atoms with Gasteiger partial charge in [-0.05, 0) is 0 Å². The van der Waals surface area contributed by atoms with Gasteiger partial charge < -0.3 is 0 Å². The first-order chi connectivity index (χ1) is 3.71. The van der Waals surface area contributed by atoms with Crippen LogP contribution in [0.1, 0.15) is 0 Å². The molecule has 0 atom stereocenters. The molecule has 9 heteroatoms. The number of rotatable bonds is 2. The van der Waals surface area contributed by atoms with Crippen LogP contribution < -0.4 is 0 Å². The summed E-state index contributed by atoms with van der Waals surface area (Å²) in [5.74, 6) is 0. The molecule has 0 aromatic carbocycles. The molecule has 0 aliphatic heterocycles. The molecule has 0 aromatic heterocycles. The van der Waals surface area contributed by atoms with Gasteiger partial charge in [-0.3, -0.25) is 0 Å². The van der Waals surface area contributed by atoms with Crippen LogP contribution in [0.3, 0.4) is 0 Å². The molecule has 5 nitrogen and oxygen atoms in total. The zero-order valence-electron chi connectivity index (χ0n) is 4.00. The fourth-order valence-corrected chi connectivity index (χ4v) is 4.93. The first-order valence-electron chi connectivity index (χ1n) is 1.57. The molecular weight excluding hydrogens is 298 g/mol. The Hall–Kier alpha value is 1.38. The SMILES string of the molecule is N=P([SeH])([SeH])OP(=O)(O)O. The first-order valence-corrected chi connectivity index (χ1v) is 9.75. The van der Waals surface area contributed by atoms with E-state index in [-0.39, 0.29) is 0 Å². The summed E-state index contributed by atoms with van der Waals surface area (Å²) in [4.78, 5) is 16.3. The molecule has 0 aliphatic carbocycles. The van der Waals surface area contributed by atoms with E-state index in [1.807, 2.05) is 0 Å². The number of hydrogen-bond acceptors (Lipinski definition) is 3. The summed E-state index contributed by atoms with van der Waals surface area (Å²) in [7, 11) is -4.46. The molecular formula is H5NO4P2Se2. The molecule has 0 saturated carbocycles. The van der Waals surface area contributed by atoms with Crippen LogP contribution in [0.2, 0.25) is 0 Å². The Morgan fingerprint density at radius 3 is 1.78 bits per heavy atom. The van der Waals surface area contributed by atoms with E-state index in [1.54, 1.807) is 31.1 Å². The van der Waals surface area contributed by atoms with E-state index >= 15 is 0 Å². The zero-order chi connectivity index (χ0) is 7.71. The van der Waals surface area contributed by atoms with Crippen molar-refractivity contribution < 1.29 is 18.7 Å². The molecule has 3 N–H and O–H groups in total. The average Bonchev–Trinajstić information content (AvgIpc) is 1.14. The topological polar surface area (TPSA) is 90.6 Å². The molecule has 56 valence electrons. The van der Waals surface area contributed by atoms with Crippen molar-refractivity contribution in [1.29, 1.82) is 5.16 Å². The molecule has 0 aliphatic rings. The van der Waals surface area contributed by atoms with E-state index in [4.69, 9.17) is 14.9 Å². The van der Waals surface area contributed by atoms with Crippen molar-refractivity contribution >= 4 is 43.6 Å². The van der Waals surface area contributed by atoms with Crippen molar-refractivity contribution in [2.24, 2.45) is 0 Å². The quantitative estimate of drug-likeness (QED) is 0.470. The Kier molecular flexibility index (Phi) is 3.67. The third-order valence-electron chi connectivity index (χ3n) is 0.220. The number of nitrogens with one attached hydrogen (secondary N) is 1. The minimum atomic E-state index is -4.46. The molecule has 9 heavy (non-hydrogen) atoms. The summed E-state index contributed by atoms with van der Waals surface area (Å²) in [6.45, 7) is 0. The van der Waals surface area contributed by atoms with Gasteiger partial charge >= 0.3 is 67.4 Å². The predicted octanol–water partition coefficient (Wildman–Crippen LogP) is -0.578. The van der Waals surface area contributed by atoms with Gasteiger partial charge in [0.1, 0.15) is 0 Å². The number of phosphoric acid groups is 1. The molecule has 0 aromatic rings. The zero-order valence-corrected chi connectivity index (χ0v) is 9.54. The third-order valence-corrected chi connectivity index (χ3v) is 4.74. The molecule has 0 heterocycles. The summed E-state index contributed by atoms with van der Waals surface area (Å²) >= 11 is 3.53. The van der Waals surface area contributed by atoms with Gasteiger partial charge in [0.25, 0.3) is 0 Å². The average molecular weight is 303 g/mol. The van der Waals surface area contributed by atoms with Gasteiger partial charge in [0.15, 0.2) is 0 Å². The second-order valence-corrected chi connectivity index (χ2v) is 15.4. The third kappa shape index (κ3) is 9.38. The van der Waals surface area contributed by atoms with Crippen LogP contribution in [0.4, 0.5) is 0 Å². The summed E-state index contributed by atoms with van der Waals surface area (Å²) in [5, 5.41) is 6.93. The van der Waals surface area contributed by atoms with Crippen LogP contribution in [0.25, 0.3) is 0 Å². The Labute approximate surface area is 67.6 Å².